The number of sulfonamides is 1. The highest BCUT2D eigenvalue weighted by Crippen LogP contribution is 2.38. The van der Waals surface area contributed by atoms with Gasteiger partial charge in [-0.25, -0.2) is 21.6 Å². The van der Waals surface area contributed by atoms with Gasteiger partial charge in [-0.15, -0.1) is 10.2 Å². The Bertz CT molecular complexity index is 1300. The lowest BCUT2D eigenvalue weighted by Crippen LogP contribution is -2.31. The standard InChI is InChI=1S/C20H17F3N4O3S2/c1-11-4-5-12(21)9-17(11)32(29,30)27-8-2-3-16(27)19-25-26-20(31-19)18(28)24-13-6-7-14(22)15(23)10-13/h4-7,9-10,16H,2-3,8H2,1H3,(H,24,28). The van der Waals surface area contributed by atoms with Crippen molar-refractivity contribution in [3.8, 4) is 0 Å². The number of carbonyl (C=O) groups is 1. The second-order valence-corrected chi connectivity index (χ2v) is 10.1. The van der Waals surface area contributed by atoms with Crippen molar-refractivity contribution in [2.24, 2.45) is 0 Å². The molecule has 0 bridgehead atoms. The SMILES string of the molecule is Cc1ccc(F)cc1S(=O)(=O)N1CCCC1c1nnc(C(=O)Nc2ccc(F)c(F)c2)s1. The maximum Gasteiger partial charge on any atom is 0.286 e. The van der Waals surface area contributed by atoms with Crippen molar-refractivity contribution < 1.29 is 26.4 Å². The van der Waals surface area contributed by atoms with Gasteiger partial charge in [0.1, 0.15) is 10.8 Å². The van der Waals surface area contributed by atoms with E-state index < -0.39 is 39.4 Å². The van der Waals surface area contributed by atoms with E-state index in [2.05, 4.69) is 15.5 Å². The largest absolute Gasteiger partial charge is 0.320 e. The van der Waals surface area contributed by atoms with Crippen molar-refractivity contribution in [1.82, 2.24) is 14.5 Å². The van der Waals surface area contributed by atoms with Crippen LogP contribution >= 0.6 is 11.3 Å². The zero-order valence-electron chi connectivity index (χ0n) is 16.7. The molecule has 1 aliphatic heterocycles. The van der Waals surface area contributed by atoms with Crippen LogP contribution in [0, 0.1) is 24.4 Å². The fourth-order valence-electron chi connectivity index (χ4n) is 3.47. The number of aryl methyl sites for hydroxylation is 1. The van der Waals surface area contributed by atoms with Crippen LogP contribution in [0.1, 0.15) is 39.3 Å². The van der Waals surface area contributed by atoms with E-state index in [0.717, 1.165) is 29.5 Å². The second kappa shape index (κ2) is 8.60. The zero-order chi connectivity index (χ0) is 23.0. The molecular weight excluding hydrogens is 465 g/mol. The van der Waals surface area contributed by atoms with Crippen molar-refractivity contribution >= 4 is 33.0 Å². The van der Waals surface area contributed by atoms with E-state index in [1.54, 1.807) is 6.92 Å². The Morgan fingerprint density at radius 1 is 1.12 bits per heavy atom. The molecule has 1 saturated heterocycles. The summed E-state index contributed by atoms with van der Waals surface area (Å²) < 4.78 is 67.8. The molecule has 3 aromatic rings. The summed E-state index contributed by atoms with van der Waals surface area (Å²) in [4.78, 5) is 12.3. The topological polar surface area (TPSA) is 92.3 Å². The van der Waals surface area contributed by atoms with E-state index in [0.29, 0.717) is 23.4 Å². The summed E-state index contributed by atoms with van der Waals surface area (Å²) in [6, 6.07) is 5.85. The van der Waals surface area contributed by atoms with Crippen LogP contribution in [0.2, 0.25) is 0 Å². The van der Waals surface area contributed by atoms with E-state index >= 15 is 0 Å². The summed E-state index contributed by atoms with van der Waals surface area (Å²) in [6.45, 7) is 1.81. The molecular formula is C20H17F3N4O3S2. The number of anilines is 1. The van der Waals surface area contributed by atoms with E-state index in [1.165, 1.54) is 22.5 Å². The fourth-order valence-corrected chi connectivity index (χ4v) is 6.32. The van der Waals surface area contributed by atoms with Gasteiger partial charge in [0.15, 0.2) is 11.6 Å². The van der Waals surface area contributed by atoms with E-state index in [9.17, 15) is 26.4 Å². The first kappa shape index (κ1) is 22.4. The van der Waals surface area contributed by atoms with Crippen molar-refractivity contribution in [2.75, 3.05) is 11.9 Å². The highest BCUT2D eigenvalue weighted by molar-refractivity contribution is 7.89. The van der Waals surface area contributed by atoms with Crippen molar-refractivity contribution in [2.45, 2.75) is 30.7 Å². The first-order chi connectivity index (χ1) is 15.2. The number of halogens is 3. The van der Waals surface area contributed by atoms with Gasteiger partial charge in [0.05, 0.1) is 10.9 Å². The summed E-state index contributed by atoms with van der Waals surface area (Å²) >= 11 is 0.905. The van der Waals surface area contributed by atoms with Crippen LogP contribution in [0.15, 0.2) is 41.3 Å². The maximum atomic E-state index is 13.7. The summed E-state index contributed by atoms with van der Waals surface area (Å²) in [6.07, 6.45) is 1.03. The van der Waals surface area contributed by atoms with Gasteiger partial charge in [-0.05, 0) is 49.6 Å². The number of rotatable bonds is 5. The van der Waals surface area contributed by atoms with Crippen molar-refractivity contribution in [1.29, 1.82) is 0 Å². The molecule has 0 aliphatic carbocycles. The first-order valence-electron chi connectivity index (χ1n) is 9.54. The molecule has 0 saturated carbocycles. The van der Waals surface area contributed by atoms with Crippen LogP contribution in [0.25, 0.3) is 0 Å². The molecule has 12 heteroatoms. The van der Waals surface area contributed by atoms with Gasteiger partial charge < -0.3 is 5.32 Å². The number of benzene rings is 2. The Morgan fingerprint density at radius 2 is 1.91 bits per heavy atom. The third-order valence-electron chi connectivity index (χ3n) is 5.04. The molecule has 1 unspecified atom stereocenters. The minimum atomic E-state index is -4.00. The molecule has 0 spiro atoms. The Balaban J connectivity index is 1.57. The Kier molecular flexibility index (Phi) is 6.01. The molecule has 32 heavy (non-hydrogen) atoms. The number of hydrogen-bond donors (Lipinski definition) is 1. The second-order valence-electron chi connectivity index (χ2n) is 7.21. The van der Waals surface area contributed by atoms with Crippen molar-refractivity contribution in [3.63, 3.8) is 0 Å². The average Bonchev–Trinajstić information content (AvgIpc) is 3.42. The summed E-state index contributed by atoms with van der Waals surface area (Å²) in [5.41, 5.74) is 0.457. The van der Waals surface area contributed by atoms with Gasteiger partial charge in [-0.2, -0.15) is 4.31 Å². The number of aromatic nitrogens is 2. The van der Waals surface area contributed by atoms with E-state index in [1.807, 2.05) is 0 Å². The minimum Gasteiger partial charge on any atom is -0.320 e. The smallest absolute Gasteiger partial charge is 0.286 e. The summed E-state index contributed by atoms with van der Waals surface area (Å²) in [5, 5.41) is 10.5. The number of nitrogens with zero attached hydrogens (tertiary/aromatic N) is 3. The van der Waals surface area contributed by atoms with Crippen LogP contribution in [-0.4, -0.2) is 35.4 Å². The third kappa shape index (κ3) is 4.25. The number of carbonyl (C=O) groups excluding carboxylic acids is 1. The number of amides is 1. The van der Waals surface area contributed by atoms with Gasteiger partial charge in [0.2, 0.25) is 15.0 Å². The van der Waals surface area contributed by atoms with Crippen molar-refractivity contribution in [3.05, 3.63) is 69.4 Å². The number of hydrogen-bond acceptors (Lipinski definition) is 6. The summed E-state index contributed by atoms with van der Waals surface area (Å²) in [7, 11) is -4.00. The molecule has 1 aromatic heterocycles. The Hall–Kier alpha value is -2.83. The molecule has 1 N–H and O–H groups in total. The molecule has 1 aliphatic rings. The van der Waals surface area contributed by atoms with Crippen LogP contribution in [0.3, 0.4) is 0 Å². The molecule has 168 valence electrons. The predicted octanol–water partition coefficient (Wildman–Crippen LogP) is 4.04. The first-order valence-corrected chi connectivity index (χ1v) is 11.8. The highest BCUT2D eigenvalue weighted by atomic mass is 32.2. The highest BCUT2D eigenvalue weighted by Gasteiger charge is 2.39. The normalized spacial score (nSPS) is 16.9. The molecule has 1 atom stereocenters. The molecule has 1 fully saturated rings. The van der Waals surface area contributed by atoms with Gasteiger partial charge >= 0.3 is 0 Å². The minimum absolute atomic E-state index is 0.0392. The quantitative estimate of drug-likeness (QED) is 0.593. The lowest BCUT2D eigenvalue weighted by Gasteiger charge is -2.23. The molecule has 7 nitrogen and oxygen atoms in total. The van der Waals surface area contributed by atoms with Gasteiger partial charge in [0, 0.05) is 18.3 Å². The Labute approximate surface area is 186 Å². The van der Waals surface area contributed by atoms with E-state index in [-0.39, 0.29) is 22.1 Å². The maximum absolute atomic E-state index is 13.7. The fraction of sp³-hybridized carbons (Fsp3) is 0.250. The molecule has 0 radical (unpaired) electrons. The molecule has 2 aromatic carbocycles. The van der Waals surface area contributed by atoms with E-state index in [4.69, 9.17) is 0 Å². The Morgan fingerprint density at radius 3 is 2.66 bits per heavy atom. The van der Waals surface area contributed by atoms with Gasteiger partial charge in [-0.1, -0.05) is 17.4 Å². The van der Waals surface area contributed by atoms with Crippen LogP contribution in [-0.2, 0) is 10.0 Å². The van der Waals surface area contributed by atoms with Crippen LogP contribution in [0.5, 0.6) is 0 Å². The average molecular weight is 483 g/mol. The van der Waals surface area contributed by atoms with Gasteiger partial charge in [-0.3, -0.25) is 4.79 Å². The lowest BCUT2D eigenvalue weighted by molar-refractivity contribution is 0.102. The molecule has 2 heterocycles. The van der Waals surface area contributed by atoms with Crippen LogP contribution in [0.4, 0.5) is 18.9 Å². The monoisotopic (exact) mass is 482 g/mol. The van der Waals surface area contributed by atoms with Gasteiger partial charge in [0.25, 0.3) is 5.91 Å². The summed E-state index contributed by atoms with van der Waals surface area (Å²) in [5.74, 6) is -3.50. The number of nitrogens with one attached hydrogen (secondary N) is 1. The third-order valence-corrected chi connectivity index (χ3v) is 8.11. The molecule has 1 amide bonds. The zero-order valence-corrected chi connectivity index (χ0v) is 18.3. The predicted molar refractivity (Wildman–Crippen MR) is 111 cm³/mol. The lowest BCUT2D eigenvalue weighted by atomic mass is 10.2. The molecule has 4 rings (SSSR count). The van der Waals surface area contributed by atoms with Crippen LogP contribution < -0.4 is 5.32 Å².